The molecule has 2 aliphatic heterocycles. The lowest BCUT2D eigenvalue weighted by molar-refractivity contribution is 0.0184. The Morgan fingerprint density at radius 3 is 1.77 bits per heavy atom. The van der Waals surface area contributed by atoms with Gasteiger partial charge in [0.05, 0.1) is 50.1 Å². The SMILES string of the molecule is COc1ccnc(Nc2cnn(C3CCN(C(=O)OC(C)(C)C)CC3)c2)n1.COc1ccnc(Nc2cnn(C3CCNCC3)c2)n1. The number of nitrogens with zero attached hydrogens (tertiary/aromatic N) is 9. The molecule has 0 atom stereocenters. The first-order valence-electron chi connectivity index (χ1n) is 15.7. The molecule has 0 spiro atoms. The highest BCUT2D eigenvalue weighted by Crippen LogP contribution is 2.25. The zero-order valence-electron chi connectivity index (χ0n) is 27.6. The highest BCUT2D eigenvalue weighted by molar-refractivity contribution is 5.68. The van der Waals surface area contributed by atoms with Crippen molar-refractivity contribution >= 4 is 29.4 Å². The number of carbonyl (C=O) groups excluding carboxylic acids is 1. The van der Waals surface area contributed by atoms with Crippen LogP contribution in [0.25, 0.3) is 0 Å². The van der Waals surface area contributed by atoms with E-state index >= 15 is 0 Å². The number of carbonyl (C=O) groups is 1. The van der Waals surface area contributed by atoms with E-state index in [1.54, 1.807) is 56.0 Å². The summed E-state index contributed by atoms with van der Waals surface area (Å²) in [6, 6.07) is 4.11. The molecule has 252 valence electrons. The molecule has 6 rings (SSSR count). The number of anilines is 4. The molecule has 47 heavy (non-hydrogen) atoms. The van der Waals surface area contributed by atoms with E-state index < -0.39 is 5.60 Å². The van der Waals surface area contributed by atoms with Gasteiger partial charge in [-0.2, -0.15) is 20.2 Å². The smallest absolute Gasteiger partial charge is 0.410 e. The van der Waals surface area contributed by atoms with E-state index in [1.807, 2.05) is 42.5 Å². The summed E-state index contributed by atoms with van der Waals surface area (Å²) in [6.45, 7) is 9.03. The molecule has 2 aliphatic rings. The van der Waals surface area contributed by atoms with Crippen molar-refractivity contribution in [1.29, 1.82) is 0 Å². The largest absolute Gasteiger partial charge is 0.481 e. The van der Waals surface area contributed by atoms with Crippen molar-refractivity contribution in [2.24, 2.45) is 0 Å². The van der Waals surface area contributed by atoms with Crippen molar-refractivity contribution in [2.45, 2.75) is 64.1 Å². The second-order valence-corrected chi connectivity index (χ2v) is 12.2. The fourth-order valence-electron chi connectivity index (χ4n) is 5.21. The maximum atomic E-state index is 12.2. The Labute approximate surface area is 274 Å². The molecule has 2 saturated heterocycles. The molecule has 2 fully saturated rings. The minimum absolute atomic E-state index is 0.241. The lowest BCUT2D eigenvalue weighted by Gasteiger charge is -2.33. The van der Waals surface area contributed by atoms with Gasteiger partial charge in [0.25, 0.3) is 0 Å². The molecular formula is C31H44N12O4. The monoisotopic (exact) mass is 648 g/mol. The molecule has 16 heteroatoms. The number of nitrogens with one attached hydrogen (secondary N) is 3. The number of rotatable bonds is 8. The summed E-state index contributed by atoms with van der Waals surface area (Å²) in [4.78, 5) is 30.7. The van der Waals surface area contributed by atoms with Crippen LogP contribution in [0, 0.1) is 0 Å². The Bertz CT molecular complexity index is 1570. The fourth-order valence-corrected chi connectivity index (χ4v) is 5.21. The zero-order valence-corrected chi connectivity index (χ0v) is 27.6. The Morgan fingerprint density at radius 2 is 1.30 bits per heavy atom. The Hall–Kier alpha value is -4.99. The van der Waals surface area contributed by atoms with E-state index in [4.69, 9.17) is 14.2 Å². The highest BCUT2D eigenvalue weighted by Gasteiger charge is 2.28. The number of ether oxygens (including phenoxy) is 3. The second kappa shape index (κ2) is 15.5. The molecular weight excluding hydrogens is 604 g/mol. The van der Waals surface area contributed by atoms with Crippen LogP contribution in [0.3, 0.4) is 0 Å². The maximum Gasteiger partial charge on any atom is 0.410 e. The minimum atomic E-state index is -0.474. The summed E-state index contributed by atoms with van der Waals surface area (Å²) in [6.07, 6.45) is 14.4. The quantitative estimate of drug-likeness (QED) is 0.247. The minimum Gasteiger partial charge on any atom is -0.481 e. The van der Waals surface area contributed by atoms with Gasteiger partial charge in [0, 0.05) is 50.0 Å². The average Bonchev–Trinajstić information content (AvgIpc) is 3.75. The van der Waals surface area contributed by atoms with Gasteiger partial charge in [-0.1, -0.05) is 0 Å². The van der Waals surface area contributed by atoms with Crippen LogP contribution in [0.4, 0.5) is 28.1 Å². The molecule has 4 aromatic heterocycles. The topological polar surface area (TPSA) is 171 Å². The third-order valence-corrected chi connectivity index (χ3v) is 7.57. The van der Waals surface area contributed by atoms with Gasteiger partial charge < -0.3 is 35.1 Å². The van der Waals surface area contributed by atoms with Crippen LogP contribution in [0.2, 0.25) is 0 Å². The number of methoxy groups -OCH3 is 2. The van der Waals surface area contributed by atoms with Gasteiger partial charge in [-0.15, -0.1) is 0 Å². The molecule has 0 aliphatic carbocycles. The predicted molar refractivity (Wildman–Crippen MR) is 175 cm³/mol. The molecule has 4 aromatic rings. The first kappa shape index (κ1) is 33.4. The molecule has 0 unspecified atom stereocenters. The van der Waals surface area contributed by atoms with Gasteiger partial charge in [0.1, 0.15) is 5.60 Å². The molecule has 1 amide bonds. The highest BCUT2D eigenvalue weighted by atomic mass is 16.6. The van der Waals surface area contributed by atoms with Crippen LogP contribution in [-0.2, 0) is 4.74 Å². The first-order chi connectivity index (χ1) is 22.7. The van der Waals surface area contributed by atoms with E-state index in [1.165, 1.54) is 0 Å². The molecule has 6 heterocycles. The standard InChI is InChI=1S/C18H26N6O3.C13H18N6O/c1-18(2,3)27-17(25)23-9-6-14(7-10-23)24-12-13(11-20-24)21-16-19-8-5-15(22-16)26-4;1-20-12-4-7-15-13(18-12)17-10-8-16-19(9-10)11-2-5-14-6-3-11/h5,8,11-12,14H,6-7,9-10H2,1-4H3,(H,19,21,22);4,7-9,11,14H,2-3,5-6H2,1H3,(H,15,17,18). The van der Waals surface area contributed by atoms with Gasteiger partial charge in [-0.3, -0.25) is 9.36 Å². The number of amides is 1. The van der Waals surface area contributed by atoms with Gasteiger partial charge in [0.15, 0.2) is 0 Å². The second-order valence-electron chi connectivity index (χ2n) is 12.2. The fraction of sp³-hybridized carbons (Fsp3) is 0.516. The predicted octanol–water partition coefficient (Wildman–Crippen LogP) is 4.35. The molecule has 0 aromatic carbocycles. The number of aromatic nitrogens is 8. The third kappa shape index (κ3) is 9.75. The van der Waals surface area contributed by atoms with E-state index in [9.17, 15) is 4.79 Å². The van der Waals surface area contributed by atoms with Gasteiger partial charge in [-0.25, -0.2) is 14.8 Å². The van der Waals surface area contributed by atoms with Crippen molar-refractivity contribution in [3.05, 3.63) is 49.3 Å². The molecule has 0 bridgehead atoms. The normalized spacial score (nSPS) is 15.7. The Balaban J connectivity index is 0.000000193. The van der Waals surface area contributed by atoms with Crippen molar-refractivity contribution in [2.75, 3.05) is 51.0 Å². The van der Waals surface area contributed by atoms with Crippen LogP contribution in [-0.4, -0.2) is 96.5 Å². The summed E-state index contributed by atoms with van der Waals surface area (Å²) < 4.78 is 19.6. The number of hydrogen-bond acceptors (Lipinski definition) is 13. The number of hydrogen-bond donors (Lipinski definition) is 3. The van der Waals surface area contributed by atoms with E-state index in [2.05, 4.69) is 46.1 Å². The summed E-state index contributed by atoms with van der Waals surface area (Å²) in [5, 5.41) is 18.5. The van der Waals surface area contributed by atoms with E-state index in [0.717, 1.165) is 50.1 Å². The van der Waals surface area contributed by atoms with Gasteiger partial charge >= 0.3 is 6.09 Å². The van der Waals surface area contributed by atoms with Gasteiger partial charge in [0.2, 0.25) is 23.7 Å². The van der Waals surface area contributed by atoms with Gasteiger partial charge in [-0.05, 0) is 59.5 Å². The van der Waals surface area contributed by atoms with E-state index in [0.29, 0.717) is 42.8 Å². The molecule has 0 saturated carbocycles. The third-order valence-electron chi connectivity index (χ3n) is 7.57. The summed E-state index contributed by atoms with van der Waals surface area (Å²) in [5.41, 5.74) is 1.22. The molecule has 0 radical (unpaired) electrons. The van der Waals surface area contributed by atoms with Crippen LogP contribution < -0.4 is 25.4 Å². The summed E-state index contributed by atoms with van der Waals surface area (Å²) in [7, 11) is 3.15. The van der Waals surface area contributed by atoms with E-state index in [-0.39, 0.29) is 12.1 Å². The van der Waals surface area contributed by atoms with Crippen LogP contribution >= 0.6 is 0 Å². The molecule has 16 nitrogen and oxygen atoms in total. The first-order valence-corrected chi connectivity index (χ1v) is 15.7. The average molecular weight is 649 g/mol. The van der Waals surface area contributed by atoms with Crippen LogP contribution in [0.1, 0.15) is 58.5 Å². The van der Waals surface area contributed by atoms with Crippen molar-refractivity contribution in [3.8, 4) is 11.8 Å². The lowest BCUT2D eigenvalue weighted by Crippen LogP contribution is -2.42. The van der Waals surface area contributed by atoms with Crippen LogP contribution in [0.5, 0.6) is 11.8 Å². The zero-order chi connectivity index (χ0) is 33.2. The number of likely N-dealkylation sites (tertiary alicyclic amines) is 1. The van der Waals surface area contributed by atoms with Crippen molar-refractivity contribution in [3.63, 3.8) is 0 Å². The van der Waals surface area contributed by atoms with Crippen molar-refractivity contribution < 1.29 is 19.0 Å². The molecule has 3 N–H and O–H groups in total. The van der Waals surface area contributed by atoms with Crippen LogP contribution in [0.15, 0.2) is 49.3 Å². The summed E-state index contributed by atoms with van der Waals surface area (Å²) in [5.74, 6) is 1.99. The number of piperidine rings is 2. The maximum absolute atomic E-state index is 12.2. The lowest BCUT2D eigenvalue weighted by atomic mass is 10.1. The summed E-state index contributed by atoms with van der Waals surface area (Å²) >= 11 is 0. The Morgan fingerprint density at radius 1 is 0.809 bits per heavy atom. The van der Waals surface area contributed by atoms with Crippen molar-refractivity contribution in [1.82, 2.24) is 49.7 Å². The Kier molecular flexibility index (Phi) is 11.0.